The Morgan fingerprint density at radius 1 is 1.20 bits per heavy atom. The number of aromatic amines is 1. The number of sulfone groups is 1. The van der Waals surface area contributed by atoms with Crippen LogP contribution in [0.15, 0.2) is 35.5 Å². The summed E-state index contributed by atoms with van der Waals surface area (Å²) in [6.45, 7) is 1.91. The Kier molecular flexibility index (Phi) is 3.29. The maximum atomic E-state index is 11.8. The molecule has 2 N–H and O–H groups in total. The molecule has 4 rings (SSSR count). The fraction of sp³-hybridized carbons (Fsp3) is 0.188. The van der Waals surface area contributed by atoms with Crippen LogP contribution in [0.4, 0.5) is 11.6 Å². The van der Waals surface area contributed by atoms with Crippen LogP contribution in [0, 0.1) is 6.92 Å². The molecule has 1 aromatic carbocycles. The topological polar surface area (TPSA) is 106 Å². The summed E-state index contributed by atoms with van der Waals surface area (Å²) in [4.78, 5) is 9.14. The average Bonchev–Trinajstić information content (AvgIpc) is 3.16. The zero-order chi connectivity index (χ0) is 17.8. The summed E-state index contributed by atoms with van der Waals surface area (Å²) in [5.41, 5.74) is 1.39. The van der Waals surface area contributed by atoms with Gasteiger partial charge in [0, 0.05) is 24.1 Å². The molecule has 8 nitrogen and oxygen atoms in total. The van der Waals surface area contributed by atoms with Gasteiger partial charge in [-0.05, 0) is 25.1 Å². The molecule has 9 heteroatoms. The molecular formula is C16H16N6O2S. The molecule has 0 bridgehead atoms. The zero-order valence-corrected chi connectivity index (χ0v) is 14.7. The van der Waals surface area contributed by atoms with Gasteiger partial charge in [-0.25, -0.2) is 18.4 Å². The Labute approximate surface area is 143 Å². The van der Waals surface area contributed by atoms with Gasteiger partial charge in [0.25, 0.3) is 0 Å². The summed E-state index contributed by atoms with van der Waals surface area (Å²) in [7, 11) is -1.38. The van der Waals surface area contributed by atoms with Crippen LogP contribution in [0.2, 0.25) is 0 Å². The van der Waals surface area contributed by atoms with Crippen molar-refractivity contribution in [2.24, 2.45) is 7.05 Å². The van der Waals surface area contributed by atoms with E-state index in [0.29, 0.717) is 16.9 Å². The molecule has 0 aliphatic rings. The van der Waals surface area contributed by atoms with Crippen LogP contribution in [0.5, 0.6) is 0 Å². The number of fused-ring (bicyclic) bond motifs is 3. The summed E-state index contributed by atoms with van der Waals surface area (Å²) in [6.07, 6.45) is 4.59. The first-order valence-corrected chi connectivity index (χ1v) is 9.46. The van der Waals surface area contributed by atoms with Crippen LogP contribution >= 0.6 is 0 Å². The third-order valence-corrected chi connectivity index (χ3v) is 5.37. The number of H-pyrrole nitrogens is 1. The fourth-order valence-electron chi connectivity index (χ4n) is 2.74. The van der Waals surface area contributed by atoms with Gasteiger partial charge < -0.3 is 9.88 Å². The van der Waals surface area contributed by atoms with Gasteiger partial charge in [0.05, 0.1) is 22.8 Å². The third kappa shape index (κ3) is 2.52. The molecule has 128 valence electrons. The molecule has 25 heavy (non-hydrogen) atoms. The lowest BCUT2D eigenvalue weighted by molar-refractivity contribution is 0.602. The second-order valence-corrected chi connectivity index (χ2v) is 7.96. The lowest BCUT2D eigenvalue weighted by Gasteiger charge is -2.10. The molecule has 0 amide bonds. The summed E-state index contributed by atoms with van der Waals surface area (Å²) < 4.78 is 25.6. The summed E-state index contributed by atoms with van der Waals surface area (Å²) in [5, 5.41) is 11.8. The smallest absolute Gasteiger partial charge is 0.175 e. The lowest BCUT2D eigenvalue weighted by atomic mass is 10.1. The number of aryl methyl sites for hydroxylation is 1. The molecule has 0 unspecified atom stereocenters. The average molecular weight is 356 g/mol. The number of hydrogen-bond donors (Lipinski definition) is 2. The molecule has 0 fully saturated rings. The Morgan fingerprint density at radius 2 is 2.00 bits per heavy atom. The fourth-order valence-corrected chi connectivity index (χ4v) is 3.38. The van der Waals surface area contributed by atoms with Crippen molar-refractivity contribution in [1.29, 1.82) is 0 Å². The molecule has 0 spiro atoms. The summed E-state index contributed by atoms with van der Waals surface area (Å²) >= 11 is 0. The number of benzene rings is 1. The minimum absolute atomic E-state index is 0.257. The van der Waals surface area contributed by atoms with Gasteiger partial charge in [-0.1, -0.05) is 0 Å². The number of rotatable bonds is 3. The maximum Gasteiger partial charge on any atom is 0.175 e. The normalized spacial score (nSPS) is 12.1. The highest BCUT2D eigenvalue weighted by atomic mass is 32.2. The van der Waals surface area contributed by atoms with E-state index in [2.05, 4.69) is 25.5 Å². The van der Waals surface area contributed by atoms with Crippen molar-refractivity contribution in [2.45, 2.75) is 11.8 Å². The number of hydrogen-bond acceptors (Lipinski definition) is 6. The van der Waals surface area contributed by atoms with Crippen LogP contribution in [-0.2, 0) is 16.9 Å². The molecule has 0 aliphatic heterocycles. The predicted octanol–water partition coefficient (Wildman–Crippen LogP) is 2.30. The first-order chi connectivity index (χ1) is 11.8. The Hall–Kier alpha value is -2.94. The van der Waals surface area contributed by atoms with Gasteiger partial charge in [0.1, 0.15) is 17.2 Å². The van der Waals surface area contributed by atoms with Crippen molar-refractivity contribution in [3.63, 3.8) is 0 Å². The SMILES string of the molecule is Cc1ncc(Nc2nc3ccc(S(C)(=O)=O)cc3c3cn[nH]c23)n1C. The van der Waals surface area contributed by atoms with Crippen LogP contribution in [0.1, 0.15) is 5.82 Å². The van der Waals surface area contributed by atoms with Crippen LogP contribution in [0.25, 0.3) is 21.8 Å². The lowest BCUT2D eigenvalue weighted by Crippen LogP contribution is -2.02. The monoisotopic (exact) mass is 356 g/mol. The highest BCUT2D eigenvalue weighted by Crippen LogP contribution is 2.30. The van der Waals surface area contributed by atoms with Crippen LogP contribution < -0.4 is 5.32 Å². The minimum atomic E-state index is -3.29. The van der Waals surface area contributed by atoms with Crippen LogP contribution in [-0.4, -0.2) is 39.4 Å². The number of pyridine rings is 1. The van der Waals surface area contributed by atoms with E-state index in [4.69, 9.17) is 0 Å². The molecule has 0 atom stereocenters. The van der Waals surface area contributed by atoms with Gasteiger partial charge in [0.15, 0.2) is 15.7 Å². The van der Waals surface area contributed by atoms with E-state index in [9.17, 15) is 8.42 Å². The van der Waals surface area contributed by atoms with E-state index in [1.165, 1.54) is 6.26 Å². The van der Waals surface area contributed by atoms with Crippen molar-refractivity contribution in [3.8, 4) is 0 Å². The summed E-state index contributed by atoms with van der Waals surface area (Å²) in [5.74, 6) is 2.28. The van der Waals surface area contributed by atoms with Crippen molar-refractivity contribution in [3.05, 3.63) is 36.4 Å². The standard InChI is InChI=1S/C16H16N6O2S/c1-9-17-8-14(22(9)2)20-16-15-12(7-18-21-15)11-6-10(25(3,23)24)4-5-13(11)19-16/h4-8H,1-3H3,(H,18,21)(H,19,20). The Morgan fingerprint density at radius 3 is 2.68 bits per heavy atom. The molecular weight excluding hydrogens is 340 g/mol. The van der Waals surface area contributed by atoms with Gasteiger partial charge >= 0.3 is 0 Å². The first kappa shape index (κ1) is 15.6. The van der Waals surface area contributed by atoms with E-state index >= 15 is 0 Å². The van der Waals surface area contributed by atoms with E-state index in [1.807, 2.05) is 18.5 Å². The largest absolute Gasteiger partial charge is 0.323 e. The maximum absolute atomic E-state index is 11.8. The molecule has 4 aromatic rings. The molecule has 0 saturated heterocycles. The number of anilines is 2. The quantitative estimate of drug-likeness (QED) is 0.583. The molecule has 0 aliphatic carbocycles. The highest BCUT2D eigenvalue weighted by Gasteiger charge is 2.15. The number of nitrogens with one attached hydrogen (secondary N) is 2. The Bertz CT molecular complexity index is 1220. The minimum Gasteiger partial charge on any atom is -0.323 e. The van der Waals surface area contributed by atoms with Crippen LogP contribution in [0.3, 0.4) is 0 Å². The van der Waals surface area contributed by atoms with E-state index in [1.54, 1.807) is 30.6 Å². The first-order valence-electron chi connectivity index (χ1n) is 7.57. The molecule has 3 heterocycles. The summed E-state index contributed by atoms with van der Waals surface area (Å²) in [6, 6.07) is 4.90. The highest BCUT2D eigenvalue weighted by molar-refractivity contribution is 7.90. The van der Waals surface area contributed by atoms with Crippen molar-refractivity contribution in [2.75, 3.05) is 11.6 Å². The Balaban J connectivity index is 1.94. The van der Waals surface area contributed by atoms with Crippen molar-refractivity contribution in [1.82, 2.24) is 24.7 Å². The van der Waals surface area contributed by atoms with Crippen molar-refractivity contribution < 1.29 is 8.42 Å². The zero-order valence-electron chi connectivity index (χ0n) is 13.9. The second kappa shape index (κ2) is 5.28. The van der Waals surface area contributed by atoms with E-state index in [-0.39, 0.29) is 4.90 Å². The van der Waals surface area contributed by atoms with Gasteiger partial charge in [-0.3, -0.25) is 5.10 Å². The second-order valence-electron chi connectivity index (χ2n) is 5.94. The number of imidazole rings is 1. The van der Waals surface area contributed by atoms with Gasteiger partial charge in [-0.15, -0.1) is 0 Å². The number of nitrogens with zero attached hydrogens (tertiary/aromatic N) is 4. The number of aromatic nitrogens is 5. The molecule has 0 radical (unpaired) electrons. The third-order valence-electron chi connectivity index (χ3n) is 4.26. The van der Waals surface area contributed by atoms with Gasteiger partial charge in [-0.2, -0.15) is 5.10 Å². The molecule has 0 saturated carbocycles. The van der Waals surface area contributed by atoms with Crippen molar-refractivity contribution >= 4 is 43.3 Å². The molecule has 3 aromatic heterocycles. The van der Waals surface area contributed by atoms with E-state index < -0.39 is 9.84 Å². The van der Waals surface area contributed by atoms with E-state index in [0.717, 1.165) is 22.4 Å². The van der Waals surface area contributed by atoms with Gasteiger partial charge in [0.2, 0.25) is 0 Å². The predicted molar refractivity (Wildman–Crippen MR) is 95.7 cm³/mol.